The van der Waals surface area contributed by atoms with Crippen molar-refractivity contribution in [1.82, 2.24) is 58.1 Å². The molecule has 120 heavy (non-hydrogen) atoms. The molecule has 4 aliphatic carbocycles. The molecule has 0 radical (unpaired) electrons. The fourth-order valence-corrected chi connectivity index (χ4v) is 20.7. The Labute approximate surface area is 693 Å². The molecule has 12 aromatic heterocycles. The van der Waals surface area contributed by atoms with Crippen LogP contribution in [0.15, 0.2) is 341 Å². The Morgan fingerprint density at radius 2 is 0.525 bits per heavy atom. The van der Waals surface area contributed by atoms with Crippen LogP contribution in [0.4, 0.5) is 0 Å². The van der Waals surface area contributed by atoms with Crippen molar-refractivity contribution in [2.24, 2.45) is 0 Å². The van der Waals surface area contributed by atoms with Gasteiger partial charge in [0.25, 0.3) is 0 Å². The number of aromatic nitrogens is 12. The molecule has 12 heteroatoms. The van der Waals surface area contributed by atoms with Crippen LogP contribution in [0, 0.1) is 0 Å². The summed E-state index contributed by atoms with van der Waals surface area (Å²) in [7, 11) is 0. The number of rotatable bonds is 4. The zero-order valence-electron chi connectivity index (χ0n) is 67.7. The highest BCUT2D eigenvalue weighted by Gasteiger charge is 2.41. The smallest absolute Gasteiger partial charge is 0.137 e. The molecular weight excluding hydrogens is 1470 g/mol. The minimum atomic E-state index is -0.0350. The highest BCUT2D eigenvalue weighted by molar-refractivity contribution is 6.14. The predicted molar refractivity (Wildman–Crippen MR) is 491 cm³/mol. The van der Waals surface area contributed by atoms with Gasteiger partial charge < -0.3 is 13.7 Å². The largest absolute Gasteiger partial charge is 0.307 e. The van der Waals surface area contributed by atoms with Gasteiger partial charge in [-0.25, -0.2) is 4.98 Å². The van der Waals surface area contributed by atoms with Gasteiger partial charge in [0.2, 0.25) is 0 Å². The standard InChI is InChI=1S/2C29H21N3.2C25H19N3/c1-29(2)22-10-5-3-8-18(22)20-17-27-21(16-23(20)29)28-26(12-7-14-31-28)32(27)25-13-15-30-24-11-6-4-9-19(24)25;1-29(2)22-10-4-3-8-18(22)20-17-27-21(16-23(20)29)28-26(13-7-15-31-28)32(27)25-12-5-11-24-19(25)9-6-14-30-24;1-25(2)19-9-4-3-8-16(19)17-15-22-18(14-20(17)25)24-21(10-7-13-27-24)28(22)23-11-5-6-12-26-23;1-25(2)20-7-4-3-6-17(20)18-15-23-19(14-21(18)25)24-22(8-5-11-27-24)28(23)16-9-12-26-13-10-16/h2*3-17H,1-2H3;2*3-15H,1-2H3. The van der Waals surface area contributed by atoms with E-state index in [-0.39, 0.29) is 21.7 Å². The number of pyridine rings is 8. The molecule has 4 aliphatic rings. The van der Waals surface area contributed by atoms with E-state index in [0.29, 0.717) is 0 Å². The van der Waals surface area contributed by atoms with Crippen LogP contribution in [0.3, 0.4) is 0 Å². The van der Waals surface area contributed by atoms with E-state index >= 15 is 0 Å². The van der Waals surface area contributed by atoms with Crippen LogP contribution < -0.4 is 0 Å². The number of hydrogen-bond acceptors (Lipinski definition) is 8. The number of hydrogen-bond donors (Lipinski definition) is 0. The van der Waals surface area contributed by atoms with E-state index in [0.717, 1.165) is 94.3 Å². The molecular formula is C108H80N12. The Balaban J connectivity index is 0.0000000935. The van der Waals surface area contributed by atoms with E-state index in [2.05, 4.69) is 330 Å². The van der Waals surface area contributed by atoms with E-state index in [1.54, 1.807) is 0 Å². The third kappa shape index (κ3) is 10.3. The van der Waals surface area contributed by atoms with Gasteiger partial charge in [0.15, 0.2) is 0 Å². The molecule has 12 heterocycles. The summed E-state index contributed by atoms with van der Waals surface area (Å²) in [6.07, 6.45) is 16.8. The van der Waals surface area contributed by atoms with Gasteiger partial charge in [0, 0.05) is 115 Å². The molecule has 0 fully saturated rings. The van der Waals surface area contributed by atoms with Crippen molar-refractivity contribution in [1.29, 1.82) is 0 Å². The Morgan fingerprint density at radius 3 is 0.958 bits per heavy atom. The van der Waals surface area contributed by atoms with Crippen LogP contribution >= 0.6 is 0 Å². The summed E-state index contributed by atoms with van der Waals surface area (Å²) in [5.41, 5.74) is 40.2. The molecule has 0 saturated carbocycles. The summed E-state index contributed by atoms with van der Waals surface area (Å²) in [6.45, 7) is 18.6. The number of nitrogens with zero attached hydrogens (tertiary/aromatic N) is 12. The van der Waals surface area contributed by atoms with Gasteiger partial charge in [-0.05, 0) is 247 Å². The second-order valence-electron chi connectivity index (χ2n) is 34.3. The molecule has 0 saturated heterocycles. The molecule has 0 atom stereocenters. The molecule has 10 aromatic carbocycles. The van der Waals surface area contributed by atoms with Gasteiger partial charge in [0.05, 0.1) is 88.6 Å². The third-order valence-electron chi connectivity index (χ3n) is 26.4. The highest BCUT2D eigenvalue weighted by Crippen LogP contribution is 2.56. The van der Waals surface area contributed by atoms with Crippen molar-refractivity contribution in [2.45, 2.75) is 77.0 Å². The van der Waals surface area contributed by atoms with Gasteiger partial charge in [-0.15, -0.1) is 0 Å². The van der Waals surface area contributed by atoms with Crippen LogP contribution in [-0.4, -0.2) is 58.1 Å². The first-order valence-corrected chi connectivity index (χ1v) is 41.3. The van der Waals surface area contributed by atoms with Crippen LogP contribution in [0.1, 0.15) is 99.9 Å². The first-order chi connectivity index (χ1) is 58.6. The van der Waals surface area contributed by atoms with Crippen molar-refractivity contribution in [3.63, 3.8) is 0 Å². The summed E-state index contributed by atoms with van der Waals surface area (Å²) >= 11 is 0. The van der Waals surface area contributed by atoms with E-state index in [4.69, 9.17) is 19.9 Å². The van der Waals surface area contributed by atoms with Crippen LogP contribution in [0.5, 0.6) is 0 Å². The Bertz CT molecular complexity index is 7570. The maximum atomic E-state index is 4.82. The number of para-hydroxylation sites is 1. The molecule has 0 N–H and O–H groups in total. The maximum absolute atomic E-state index is 4.82. The lowest BCUT2D eigenvalue weighted by Crippen LogP contribution is -2.14. The Hall–Kier alpha value is -14.9. The molecule has 572 valence electrons. The molecule has 12 nitrogen and oxygen atoms in total. The van der Waals surface area contributed by atoms with Gasteiger partial charge in [-0.2, -0.15) is 0 Å². The van der Waals surface area contributed by atoms with Crippen molar-refractivity contribution in [3.05, 3.63) is 385 Å². The molecule has 0 amide bonds. The van der Waals surface area contributed by atoms with Crippen molar-refractivity contribution >= 4 is 110 Å². The quantitative estimate of drug-likeness (QED) is 0.171. The van der Waals surface area contributed by atoms with Crippen LogP contribution in [-0.2, 0) is 21.7 Å². The van der Waals surface area contributed by atoms with Crippen molar-refractivity contribution in [2.75, 3.05) is 0 Å². The molecule has 22 aromatic rings. The summed E-state index contributed by atoms with van der Waals surface area (Å²) in [4.78, 5) is 37.1. The van der Waals surface area contributed by atoms with Crippen LogP contribution in [0.25, 0.3) is 177 Å². The topological polar surface area (TPSA) is 123 Å². The SMILES string of the molecule is CC1(C)c2ccccc2-c2cc3c(cc21)c1ncccc1n3-c1cccc2ncccc12.CC1(C)c2ccccc2-c2cc3c(cc21)c1ncccc1n3-c1ccccn1.CC1(C)c2ccccc2-c2cc3c(cc21)c1ncccc1n3-c1ccnc2ccccc12.CC1(C)c2ccccc2-c2cc3c(cc21)c1ncccc1n3-c1ccncc1. The summed E-state index contributed by atoms with van der Waals surface area (Å²) in [5, 5.41) is 7.05. The number of benzene rings is 10. The second-order valence-corrected chi connectivity index (χ2v) is 34.3. The summed E-state index contributed by atoms with van der Waals surface area (Å²) < 4.78 is 9.24. The first kappa shape index (κ1) is 70.5. The third-order valence-corrected chi connectivity index (χ3v) is 26.4. The minimum Gasteiger partial charge on any atom is -0.307 e. The monoisotopic (exact) mass is 1540 g/mol. The highest BCUT2D eigenvalue weighted by atomic mass is 15.1. The van der Waals surface area contributed by atoms with E-state index in [1.807, 2.05) is 104 Å². The Kier molecular flexibility index (Phi) is 15.5. The molecule has 0 aliphatic heterocycles. The summed E-state index contributed by atoms with van der Waals surface area (Å²) in [6, 6.07) is 102. The average molecular weight is 1550 g/mol. The lowest BCUT2D eigenvalue weighted by atomic mass is 9.82. The molecule has 0 spiro atoms. The van der Waals surface area contributed by atoms with Crippen molar-refractivity contribution < 1.29 is 0 Å². The fourth-order valence-electron chi connectivity index (χ4n) is 20.7. The lowest BCUT2D eigenvalue weighted by molar-refractivity contribution is 0.661. The number of fused-ring (bicyclic) bond motifs is 26. The lowest BCUT2D eigenvalue weighted by Gasteiger charge is -2.21. The molecule has 26 rings (SSSR count). The Morgan fingerprint density at radius 1 is 0.200 bits per heavy atom. The van der Waals surface area contributed by atoms with Crippen LogP contribution in [0.2, 0.25) is 0 Å². The zero-order chi connectivity index (χ0) is 80.7. The van der Waals surface area contributed by atoms with Gasteiger partial charge in [-0.3, -0.25) is 39.5 Å². The fraction of sp³-hybridized carbons (Fsp3) is 0.111. The van der Waals surface area contributed by atoms with E-state index < -0.39 is 0 Å². The molecule has 0 bridgehead atoms. The van der Waals surface area contributed by atoms with Gasteiger partial charge >= 0.3 is 0 Å². The normalized spacial score (nSPS) is 14.3. The zero-order valence-corrected chi connectivity index (χ0v) is 67.7. The second kappa shape index (κ2) is 26.3. The summed E-state index contributed by atoms with van der Waals surface area (Å²) in [5.74, 6) is 0.918. The van der Waals surface area contributed by atoms with E-state index in [1.165, 1.54) is 127 Å². The van der Waals surface area contributed by atoms with E-state index in [9.17, 15) is 0 Å². The van der Waals surface area contributed by atoms with Crippen molar-refractivity contribution in [3.8, 4) is 67.4 Å². The maximum Gasteiger partial charge on any atom is 0.137 e. The predicted octanol–water partition coefficient (Wildman–Crippen LogP) is 25.8. The first-order valence-electron chi connectivity index (χ1n) is 41.3. The van der Waals surface area contributed by atoms with Gasteiger partial charge in [-0.1, -0.05) is 183 Å². The minimum absolute atomic E-state index is 0.0139. The average Bonchev–Trinajstić information content (AvgIpc) is 1.56. The van der Waals surface area contributed by atoms with Gasteiger partial charge in [0.1, 0.15) is 5.82 Å². The molecule has 0 unspecified atom stereocenters.